The minimum atomic E-state index is -0.663. The number of carboxylic acids is 1. The van der Waals surface area contributed by atoms with E-state index >= 15 is 0 Å². The summed E-state index contributed by atoms with van der Waals surface area (Å²) in [5.74, 6) is -0.663. The van der Waals surface area contributed by atoms with E-state index in [2.05, 4.69) is 6.92 Å². The van der Waals surface area contributed by atoms with Gasteiger partial charge in [0.1, 0.15) is 0 Å². The van der Waals surface area contributed by atoms with E-state index in [1.165, 1.54) is 32.1 Å². The third-order valence-corrected chi connectivity index (χ3v) is 1.99. The molecule has 0 spiro atoms. The molecule has 4 heteroatoms. The molecule has 3 N–H and O–H groups in total. The molecule has 0 aromatic heterocycles. The van der Waals surface area contributed by atoms with Crippen LogP contribution in [0.25, 0.3) is 0 Å². The van der Waals surface area contributed by atoms with Gasteiger partial charge in [-0.3, -0.25) is 4.79 Å². The van der Waals surface area contributed by atoms with Crippen molar-refractivity contribution in [1.29, 1.82) is 0 Å². The molecule has 0 saturated carbocycles. The molecule has 0 aliphatic heterocycles. The monoisotopic (exact) mass is 280 g/mol. The van der Waals surface area contributed by atoms with Crippen LogP contribution in [-0.4, -0.2) is 16.6 Å². The van der Waals surface area contributed by atoms with Crippen molar-refractivity contribution >= 4 is 5.97 Å². The van der Waals surface area contributed by atoms with Crippen LogP contribution in [0.2, 0.25) is 0 Å². The maximum absolute atomic E-state index is 10.1. The van der Waals surface area contributed by atoms with Gasteiger partial charge < -0.3 is 10.6 Å². The molecule has 0 amide bonds. The second-order valence-electron chi connectivity index (χ2n) is 3.27. The standard InChI is InChI=1S/C10H20O2.H2O.Zr/c1-2-3-4-5-6-7-8-9-10(11)12;;/h2-9H2,1H3,(H,11,12);1H2;. The van der Waals surface area contributed by atoms with Crippen molar-refractivity contribution in [2.45, 2.75) is 58.3 Å². The first-order chi connectivity index (χ1) is 5.77. The molecule has 0 aromatic carbocycles. The normalized spacial score (nSPS) is 8.64. The average molecular weight is 282 g/mol. The Morgan fingerprint density at radius 2 is 1.43 bits per heavy atom. The number of hydrogen-bond donors (Lipinski definition) is 1. The Bertz CT molecular complexity index is 118. The van der Waals surface area contributed by atoms with E-state index in [0.29, 0.717) is 6.42 Å². The zero-order chi connectivity index (χ0) is 9.23. The molecule has 0 aliphatic carbocycles. The van der Waals surface area contributed by atoms with Crippen LogP contribution in [0.3, 0.4) is 0 Å². The van der Waals surface area contributed by atoms with Gasteiger partial charge in [-0.2, -0.15) is 0 Å². The zero-order valence-corrected chi connectivity index (χ0v) is 11.5. The van der Waals surface area contributed by atoms with Crippen LogP contribution >= 0.6 is 0 Å². The van der Waals surface area contributed by atoms with Crippen LogP contribution in [0.4, 0.5) is 0 Å². The largest absolute Gasteiger partial charge is 0.481 e. The van der Waals surface area contributed by atoms with E-state index in [0.717, 1.165) is 12.8 Å². The van der Waals surface area contributed by atoms with E-state index in [9.17, 15) is 4.79 Å². The van der Waals surface area contributed by atoms with Gasteiger partial charge in [-0.1, -0.05) is 45.4 Å². The molecule has 0 heterocycles. The first-order valence-corrected chi connectivity index (χ1v) is 4.99. The van der Waals surface area contributed by atoms with Gasteiger partial charge in [-0.05, 0) is 6.42 Å². The van der Waals surface area contributed by atoms with E-state index in [1.807, 2.05) is 0 Å². The van der Waals surface area contributed by atoms with Crippen LogP contribution in [0.15, 0.2) is 0 Å². The topological polar surface area (TPSA) is 68.8 Å². The fraction of sp³-hybridized carbons (Fsp3) is 0.900. The van der Waals surface area contributed by atoms with Gasteiger partial charge in [0.2, 0.25) is 0 Å². The maximum atomic E-state index is 10.1. The van der Waals surface area contributed by atoms with Gasteiger partial charge in [0.15, 0.2) is 0 Å². The molecule has 0 unspecified atom stereocenters. The average Bonchev–Trinajstić information content (AvgIpc) is 2.02. The summed E-state index contributed by atoms with van der Waals surface area (Å²) < 4.78 is 0. The van der Waals surface area contributed by atoms with E-state index in [-0.39, 0.29) is 31.7 Å². The Labute approximate surface area is 106 Å². The maximum Gasteiger partial charge on any atom is 0.303 e. The van der Waals surface area contributed by atoms with Crippen LogP contribution in [-0.2, 0) is 31.0 Å². The molecular weight excluding hydrogens is 259 g/mol. The van der Waals surface area contributed by atoms with Crippen LogP contribution in [0.5, 0.6) is 0 Å². The predicted octanol–water partition coefficient (Wildman–Crippen LogP) is 2.38. The van der Waals surface area contributed by atoms with Gasteiger partial charge in [0.25, 0.3) is 0 Å². The van der Waals surface area contributed by atoms with Gasteiger partial charge in [-0.15, -0.1) is 0 Å². The SMILES string of the molecule is CCCCCCCCCC(=O)O.O.[Zr]. The quantitative estimate of drug-likeness (QED) is 0.694. The third-order valence-electron chi connectivity index (χ3n) is 1.99. The number of hydrogen-bond acceptors (Lipinski definition) is 1. The number of rotatable bonds is 8. The number of carboxylic acid groups (broad SMARTS) is 1. The fourth-order valence-corrected chi connectivity index (χ4v) is 1.23. The molecule has 0 aliphatic rings. The van der Waals surface area contributed by atoms with Gasteiger partial charge in [-0.25, -0.2) is 0 Å². The number of aliphatic carboxylic acids is 1. The molecule has 0 radical (unpaired) electrons. The molecule has 84 valence electrons. The molecular formula is C10H22O3Zr. The van der Waals surface area contributed by atoms with Crippen molar-refractivity contribution in [1.82, 2.24) is 0 Å². The Hall–Kier alpha value is 0.313. The zero-order valence-electron chi connectivity index (χ0n) is 9.01. The number of carbonyl (C=O) groups is 1. The summed E-state index contributed by atoms with van der Waals surface area (Å²) in [6, 6.07) is 0. The summed E-state index contributed by atoms with van der Waals surface area (Å²) in [7, 11) is 0. The first kappa shape index (κ1) is 19.8. The van der Waals surface area contributed by atoms with Crippen LogP contribution < -0.4 is 0 Å². The van der Waals surface area contributed by atoms with Crippen molar-refractivity contribution in [3.8, 4) is 0 Å². The van der Waals surface area contributed by atoms with Gasteiger partial charge in [0, 0.05) is 32.6 Å². The van der Waals surface area contributed by atoms with Crippen molar-refractivity contribution in [2.75, 3.05) is 0 Å². The molecule has 0 atom stereocenters. The second-order valence-corrected chi connectivity index (χ2v) is 3.27. The van der Waals surface area contributed by atoms with Crippen molar-refractivity contribution < 1.29 is 41.6 Å². The molecule has 0 fully saturated rings. The smallest absolute Gasteiger partial charge is 0.303 e. The molecule has 0 rings (SSSR count). The van der Waals surface area contributed by atoms with E-state index < -0.39 is 5.97 Å². The van der Waals surface area contributed by atoms with E-state index in [4.69, 9.17) is 5.11 Å². The fourth-order valence-electron chi connectivity index (χ4n) is 1.23. The van der Waals surface area contributed by atoms with Crippen molar-refractivity contribution in [3.05, 3.63) is 0 Å². The molecule has 0 aromatic rings. The minimum Gasteiger partial charge on any atom is -0.481 e. The van der Waals surface area contributed by atoms with Crippen LogP contribution in [0, 0.1) is 0 Å². The van der Waals surface area contributed by atoms with Gasteiger partial charge >= 0.3 is 5.97 Å². The van der Waals surface area contributed by atoms with E-state index in [1.54, 1.807) is 0 Å². The third kappa shape index (κ3) is 18.2. The van der Waals surface area contributed by atoms with Crippen molar-refractivity contribution in [3.63, 3.8) is 0 Å². The summed E-state index contributed by atoms with van der Waals surface area (Å²) in [5, 5.41) is 8.35. The first-order valence-electron chi connectivity index (χ1n) is 4.99. The summed E-state index contributed by atoms with van der Waals surface area (Å²) >= 11 is 0. The summed E-state index contributed by atoms with van der Waals surface area (Å²) in [6.45, 7) is 2.20. The second kappa shape index (κ2) is 15.8. The Balaban J connectivity index is -0.000000605. The Morgan fingerprint density at radius 1 is 1.00 bits per heavy atom. The summed E-state index contributed by atoms with van der Waals surface area (Å²) in [4.78, 5) is 10.1. The Kier molecular flexibility index (Phi) is 22.3. The predicted molar refractivity (Wildman–Crippen MR) is 53.9 cm³/mol. The van der Waals surface area contributed by atoms with Crippen molar-refractivity contribution in [2.24, 2.45) is 0 Å². The summed E-state index contributed by atoms with van der Waals surface area (Å²) in [5.41, 5.74) is 0. The summed E-state index contributed by atoms with van der Waals surface area (Å²) in [6.07, 6.45) is 8.64. The molecule has 14 heavy (non-hydrogen) atoms. The number of unbranched alkanes of at least 4 members (excludes halogenated alkanes) is 6. The molecule has 3 nitrogen and oxygen atoms in total. The Morgan fingerprint density at radius 3 is 1.86 bits per heavy atom. The molecule has 0 saturated heterocycles. The van der Waals surface area contributed by atoms with Gasteiger partial charge in [0.05, 0.1) is 0 Å². The minimum absolute atomic E-state index is 0. The van der Waals surface area contributed by atoms with Crippen LogP contribution in [0.1, 0.15) is 58.3 Å². The molecule has 0 bridgehead atoms.